The number of carbonyl (C=O) groups excluding carboxylic acids is 2. The van der Waals surface area contributed by atoms with E-state index >= 15 is 0 Å². The normalized spacial score (nSPS) is 39.8. The van der Waals surface area contributed by atoms with E-state index in [0.29, 0.717) is 12.8 Å². The van der Waals surface area contributed by atoms with Crippen molar-refractivity contribution in [2.24, 2.45) is 17.8 Å². The highest BCUT2D eigenvalue weighted by Crippen LogP contribution is 2.41. The summed E-state index contributed by atoms with van der Waals surface area (Å²) in [6, 6.07) is -1.99. The monoisotopic (exact) mass is 759 g/mol. The zero-order valence-electron chi connectivity index (χ0n) is 29.3. The number of amides is 1. The average Bonchev–Trinajstić information content (AvgIpc) is 3.11. The Hall–Kier alpha value is -2.20. The minimum atomic E-state index is -5.43. The highest BCUT2D eigenvalue weighted by molar-refractivity contribution is 5.82. The van der Waals surface area contributed by atoms with Crippen molar-refractivity contribution in [3.63, 3.8) is 0 Å². The molecule has 0 bridgehead atoms. The summed E-state index contributed by atoms with van der Waals surface area (Å²) >= 11 is 0. The Bertz CT molecular complexity index is 1190. The van der Waals surface area contributed by atoms with Crippen LogP contribution in [-0.4, -0.2) is 148 Å². The summed E-state index contributed by atoms with van der Waals surface area (Å²) in [6.45, 7) is 2.22. The molecule has 2 heterocycles. The van der Waals surface area contributed by atoms with E-state index in [1.807, 2.05) is 0 Å². The Morgan fingerprint density at radius 1 is 0.885 bits per heavy atom. The fourth-order valence-corrected chi connectivity index (χ4v) is 7.84. The number of nitrogens with one attached hydrogen (secondary N) is 1. The topological polar surface area (TPSA) is 240 Å². The van der Waals surface area contributed by atoms with Crippen LogP contribution in [0.1, 0.15) is 71.6 Å². The van der Waals surface area contributed by atoms with Gasteiger partial charge >= 0.3 is 24.0 Å². The van der Waals surface area contributed by atoms with Crippen LogP contribution in [-0.2, 0) is 42.8 Å². The number of methoxy groups -OCH3 is 1. The summed E-state index contributed by atoms with van der Waals surface area (Å²) in [6.07, 6.45) is -20.0. The van der Waals surface area contributed by atoms with Crippen LogP contribution in [0.15, 0.2) is 0 Å². The molecule has 16 nitrogen and oxygen atoms in total. The molecule has 19 heteroatoms. The Balaban J connectivity index is 1.70. The van der Waals surface area contributed by atoms with Gasteiger partial charge in [-0.2, -0.15) is 13.2 Å². The van der Waals surface area contributed by atoms with Gasteiger partial charge in [-0.1, -0.05) is 39.0 Å². The Morgan fingerprint density at radius 3 is 2.13 bits per heavy atom. The van der Waals surface area contributed by atoms with Crippen LogP contribution in [0.25, 0.3) is 0 Å². The standard InChI is InChI=1S/C33H52F3NO15/c1-4-16-17(29(45)47-3)10-11-18(26(16)52-31-25(42)24(41)22(39)14(2)48-31)50-30-21(37-32(46)33(34,35)36)27(23(40)20(13-38)51-30)49-19(28(43)44)12-15-8-6-5-7-9-15/h14-27,30-31,38-42H,4-13H2,1-3H3,(H,37,46)(H,43,44)/t14-,16?,17+,18+,19-,20?,21?,22?,23-,24?,25-,26?,27?,30+,31?/m0/s1. The second-order valence-corrected chi connectivity index (χ2v) is 14.1. The molecule has 4 aliphatic rings. The van der Waals surface area contributed by atoms with Gasteiger partial charge < -0.3 is 64.4 Å². The first kappa shape index (κ1) is 42.5. The molecule has 4 fully saturated rings. The van der Waals surface area contributed by atoms with Gasteiger partial charge in [-0.15, -0.1) is 0 Å². The summed E-state index contributed by atoms with van der Waals surface area (Å²) in [4.78, 5) is 37.6. The van der Waals surface area contributed by atoms with Crippen molar-refractivity contribution < 1.29 is 86.6 Å². The van der Waals surface area contributed by atoms with Gasteiger partial charge in [0.25, 0.3) is 0 Å². The Kier molecular flexibility index (Phi) is 15.1. The number of alkyl halides is 3. The summed E-state index contributed by atoms with van der Waals surface area (Å²) in [5, 5.41) is 64.5. The Morgan fingerprint density at radius 2 is 1.56 bits per heavy atom. The van der Waals surface area contributed by atoms with Crippen LogP contribution in [0.3, 0.4) is 0 Å². The van der Waals surface area contributed by atoms with Crippen molar-refractivity contribution in [1.29, 1.82) is 0 Å². The molecule has 2 saturated heterocycles. The van der Waals surface area contributed by atoms with E-state index < -0.39 is 122 Å². The maximum atomic E-state index is 13.7. The molecule has 2 saturated carbocycles. The van der Waals surface area contributed by atoms with Gasteiger partial charge in [-0.05, 0) is 38.5 Å². The van der Waals surface area contributed by atoms with Crippen LogP contribution in [0.4, 0.5) is 13.2 Å². The number of rotatable bonds is 13. The largest absolute Gasteiger partial charge is 0.479 e. The Labute approximate surface area is 298 Å². The molecule has 0 aromatic heterocycles. The molecule has 0 aromatic carbocycles. The molecule has 15 atom stereocenters. The van der Waals surface area contributed by atoms with Gasteiger partial charge in [-0.3, -0.25) is 9.59 Å². The summed E-state index contributed by atoms with van der Waals surface area (Å²) in [7, 11) is 1.18. The van der Waals surface area contributed by atoms with E-state index in [4.69, 9.17) is 28.4 Å². The fourth-order valence-electron chi connectivity index (χ4n) is 7.84. The lowest BCUT2D eigenvalue weighted by molar-refractivity contribution is -0.339. The molecule has 8 unspecified atom stereocenters. The predicted octanol–water partition coefficient (Wildman–Crippen LogP) is 0.128. The molecular weight excluding hydrogens is 707 g/mol. The molecule has 0 aromatic rings. The maximum Gasteiger partial charge on any atom is 0.471 e. The summed E-state index contributed by atoms with van der Waals surface area (Å²) in [5.41, 5.74) is 0. The third-order valence-corrected chi connectivity index (χ3v) is 10.7. The lowest BCUT2D eigenvalue weighted by Crippen LogP contribution is -2.68. The minimum Gasteiger partial charge on any atom is -0.479 e. The van der Waals surface area contributed by atoms with Gasteiger partial charge in [0.05, 0.1) is 37.9 Å². The van der Waals surface area contributed by atoms with E-state index in [1.54, 1.807) is 12.2 Å². The predicted molar refractivity (Wildman–Crippen MR) is 168 cm³/mol. The second kappa shape index (κ2) is 18.4. The number of aliphatic carboxylic acids is 1. The van der Waals surface area contributed by atoms with Gasteiger partial charge in [0.2, 0.25) is 0 Å². The number of esters is 1. The highest BCUT2D eigenvalue weighted by atomic mass is 19.4. The number of aliphatic hydroxyl groups is 5. The molecule has 2 aliphatic heterocycles. The first-order chi connectivity index (χ1) is 24.5. The maximum absolute atomic E-state index is 13.7. The number of halogens is 3. The molecule has 300 valence electrons. The summed E-state index contributed by atoms with van der Waals surface area (Å²) in [5.74, 6) is -6.13. The SMILES string of the molecule is CCC1C(OC2O[C@@H](C)C(O)C(O)[C@@H]2O)[C@H](O[C@@H]2OC(CO)[C@H](O)C(O[C@@H](CC3CCCCC3)C(=O)O)C2NC(=O)C(F)(F)F)CC[C@H]1C(=O)OC. The van der Waals surface area contributed by atoms with Crippen molar-refractivity contribution >= 4 is 17.8 Å². The molecule has 7 N–H and O–H groups in total. The van der Waals surface area contributed by atoms with E-state index in [1.165, 1.54) is 14.0 Å². The number of ether oxygens (including phenoxy) is 6. The van der Waals surface area contributed by atoms with Crippen LogP contribution >= 0.6 is 0 Å². The van der Waals surface area contributed by atoms with Crippen LogP contribution in [0.5, 0.6) is 0 Å². The second-order valence-electron chi connectivity index (χ2n) is 14.1. The molecule has 0 spiro atoms. The first-order valence-corrected chi connectivity index (χ1v) is 17.8. The van der Waals surface area contributed by atoms with Gasteiger partial charge in [-0.25, -0.2) is 4.79 Å². The number of carboxylic acids is 1. The third kappa shape index (κ3) is 9.91. The zero-order valence-corrected chi connectivity index (χ0v) is 29.3. The quantitative estimate of drug-likeness (QED) is 0.124. The molecule has 4 rings (SSSR count). The van der Waals surface area contributed by atoms with E-state index in [0.717, 1.165) is 19.3 Å². The van der Waals surface area contributed by atoms with Gasteiger partial charge in [0.1, 0.15) is 42.7 Å². The molecule has 2 aliphatic carbocycles. The van der Waals surface area contributed by atoms with Gasteiger partial charge in [0.15, 0.2) is 18.7 Å². The van der Waals surface area contributed by atoms with Crippen LogP contribution in [0, 0.1) is 17.8 Å². The number of aliphatic hydroxyl groups excluding tert-OH is 5. The molecule has 1 amide bonds. The number of hydrogen-bond donors (Lipinski definition) is 7. The third-order valence-electron chi connectivity index (χ3n) is 10.7. The lowest BCUT2D eigenvalue weighted by atomic mass is 9.74. The fraction of sp³-hybridized carbons (Fsp3) is 0.909. The first-order valence-electron chi connectivity index (χ1n) is 17.8. The van der Waals surface area contributed by atoms with Crippen molar-refractivity contribution in [2.45, 2.75) is 157 Å². The highest BCUT2D eigenvalue weighted by Gasteiger charge is 2.55. The van der Waals surface area contributed by atoms with Crippen LogP contribution < -0.4 is 5.32 Å². The van der Waals surface area contributed by atoms with Crippen molar-refractivity contribution in [3.05, 3.63) is 0 Å². The van der Waals surface area contributed by atoms with Crippen LogP contribution in [0.2, 0.25) is 0 Å². The lowest BCUT2D eigenvalue weighted by Gasteiger charge is -2.49. The molecule has 0 radical (unpaired) electrons. The van der Waals surface area contributed by atoms with Gasteiger partial charge in [0, 0.05) is 5.92 Å². The van der Waals surface area contributed by atoms with E-state index in [9.17, 15) is 58.2 Å². The smallest absolute Gasteiger partial charge is 0.471 e. The van der Waals surface area contributed by atoms with Crippen molar-refractivity contribution in [3.8, 4) is 0 Å². The van der Waals surface area contributed by atoms with E-state index in [-0.39, 0.29) is 31.6 Å². The minimum absolute atomic E-state index is 0.0248. The average molecular weight is 760 g/mol. The van der Waals surface area contributed by atoms with Crippen molar-refractivity contribution in [2.75, 3.05) is 13.7 Å². The van der Waals surface area contributed by atoms with E-state index in [2.05, 4.69) is 0 Å². The molecular formula is C33H52F3NO15. The number of carboxylic acid groups (broad SMARTS) is 1. The number of hydrogen-bond acceptors (Lipinski definition) is 14. The molecule has 52 heavy (non-hydrogen) atoms. The summed E-state index contributed by atoms with van der Waals surface area (Å²) < 4.78 is 75.7. The van der Waals surface area contributed by atoms with Crippen molar-refractivity contribution in [1.82, 2.24) is 5.32 Å². The zero-order chi connectivity index (χ0) is 38.5. The number of carbonyl (C=O) groups is 3.